The first-order chi connectivity index (χ1) is 7.68. The maximum atomic E-state index is 10.9. The average molecular weight is 259 g/mol. The van der Waals surface area contributed by atoms with Crippen LogP contribution in [0.5, 0.6) is 0 Å². The lowest BCUT2D eigenvalue weighted by Gasteiger charge is -2.31. The summed E-state index contributed by atoms with van der Waals surface area (Å²) >= 11 is 0. The van der Waals surface area contributed by atoms with Crippen molar-refractivity contribution in [2.75, 3.05) is 18.0 Å². The monoisotopic (exact) mass is 258 g/mol. The van der Waals surface area contributed by atoms with Gasteiger partial charge in [-0.3, -0.25) is 10.1 Å². The minimum atomic E-state index is -0.400. The molecule has 2 N–H and O–H groups in total. The number of nitro groups is 1. The van der Waals surface area contributed by atoms with Gasteiger partial charge in [0, 0.05) is 31.4 Å². The molecule has 1 saturated heterocycles. The molecule has 1 atom stereocenters. The van der Waals surface area contributed by atoms with E-state index in [9.17, 15) is 10.1 Å². The van der Waals surface area contributed by atoms with Crippen LogP contribution in [-0.4, -0.2) is 29.0 Å². The Hall–Kier alpha value is -1.40. The molecule has 7 heteroatoms. The lowest BCUT2D eigenvalue weighted by Crippen LogP contribution is -2.43. The summed E-state index contributed by atoms with van der Waals surface area (Å²) in [6, 6.07) is 3.13. The average Bonchev–Trinajstić information content (AvgIpc) is 2.29. The Bertz CT molecular complexity index is 402. The molecule has 1 aromatic heterocycles. The second kappa shape index (κ2) is 5.79. The quantitative estimate of drug-likeness (QED) is 0.639. The maximum Gasteiger partial charge on any atom is 0.311 e. The van der Waals surface area contributed by atoms with Crippen LogP contribution in [0.3, 0.4) is 0 Å². The van der Waals surface area contributed by atoms with Gasteiger partial charge in [-0.1, -0.05) is 0 Å². The summed E-state index contributed by atoms with van der Waals surface area (Å²) < 4.78 is 0. The Morgan fingerprint density at radius 3 is 3.00 bits per heavy atom. The molecule has 1 fully saturated rings. The Balaban J connectivity index is 0.00000144. The van der Waals surface area contributed by atoms with E-state index < -0.39 is 4.92 Å². The summed E-state index contributed by atoms with van der Waals surface area (Å²) in [5, 5.41) is 10.9. The molecule has 0 radical (unpaired) electrons. The van der Waals surface area contributed by atoms with Crippen molar-refractivity contribution < 1.29 is 4.92 Å². The van der Waals surface area contributed by atoms with Crippen molar-refractivity contribution in [2.45, 2.75) is 18.9 Å². The number of aromatic nitrogens is 1. The van der Waals surface area contributed by atoms with Gasteiger partial charge in [0.15, 0.2) is 0 Å². The van der Waals surface area contributed by atoms with Gasteiger partial charge in [0.2, 0.25) is 5.82 Å². The Kier molecular flexibility index (Phi) is 4.65. The molecule has 0 amide bonds. The van der Waals surface area contributed by atoms with Crippen LogP contribution in [0.2, 0.25) is 0 Å². The normalized spacial score (nSPS) is 19.6. The summed E-state index contributed by atoms with van der Waals surface area (Å²) in [5.41, 5.74) is 5.90. The molecule has 1 aliphatic heterocycles. The fourth-order valence-electron chi connectivity index (χ4n) is 1.98. The second-order valence-corrected chi connectivity index (χ2v) is 3.95. The highest BCUT2D eigenvalue weighted by atomic mass is 35.5. The Labute approximate surface area is 105 Å². The van der Waals surface area contributed by atoms with Crippen molar-refractivity contribution in [2.24, 2.45) is 5.73 Å². The van der Waals surface area contributed by atoms with Gasteiger partial charge >= 0.3 is 5.69 Å². The van der Waals surface area contributed by atoms with E-state index >= 15 is 0 Å². The van der Waals surface area contributed by atoms with E-state index in [-0.39, 0.29) is 24.1 Å². The van der Waals surface area contributed by atoms with E-state index in [2.05, 4.69) is 4.98 Å². The summed E-state index contributed by atoms with van der Waals surface area (Å²) in [6.45, 7) is 1.42. The number of anilines is 1. The minimum absolute atomic E-state index is 0. The highest BCUT2D eigenvalue weighted by molar-refractivity contribution is 5.85. The molecule has 0 saturated carbocycles. The van der Waals surface area contributed by atoms with Gasteiger partial charge in [0.25, 0.3) is 0 Å². The molecule has 2 rings (SSSR count). The molecule has 2 heterocycles. The largest absolute Gasteiger partial charge is 0.349 e. The zero-order chi connectivity index (χ0) is 11.5. The number of hydrogen-bond donors (Lipinski definition) is 1. The summed E-state index contributed by atoms with van der Waals surface area (Å²) in [5.74, 6) is 0.433. The zero-order valence-corrected chi connectivity index (χ0v) is 10.1. The number of nitrogens with two attached hydrogens (primary N) is 1. The van der Waals surface area contributed by atoms with Crippen molar-refractivity contribution in [3.05, 3.63) is 28.4 Å². The zero-order valence-electron chi connectivity index (χ0n) is 9.28. The molecule has 0 spiro atoms. The molecule has 1 aliphatic rings. The summed E-state index contributed by atoms with van der Waals surface area (Å²) in [6.07, 6.45) is 3.49. The van der Waals surface area contributed by atoms with Crippen molar-refractivity contribution in [1.82, 2.24) is 4.98 Å². The first-order valence-electron chi connectivity index (χ1n) is 5.28. The molecule has 94 valence electrons. The molecular formula is C10H15ClN4O2. The molecule has 0 bridgehead atoms. The van der Waals surface area contributed by atoms with E-state index in [0.717, 1.165) is 19.4 Å². The maximum absolute atomic E-state index is 10.9. The number of rotatable bonds is 2. The van der Waals surface area contributed by atoms with Crippen LogP contribution >= 0.6 is 12.4 Å². The fraction of sp³-hybridized carbons (Fsp3) is 0.500. The van der Waals surface area contributed by atoms with E-state index in [1.165, 1.54) is 6.07 Å². The van der Waals surface area contributed by atoms with E-state index in [4.69, 9.17) is 5.73 Å². The van der Waals surface area contributed by atoms with Crippen molar-refractivity contribution >= 4 is 23.9 Å². The molecule has 6 nitrogen and oxygen atoms in total. The molecule has 17 heavy (non-hydrogen) atoms. The molecule has 0 aliphatic carbocycles. The van der Waals surface area contributed by atoms with Crippen LogP contribution in [0.4, 0.5) is 11.5 Å². The van der Waals surface area contributed by atoms with Gasteiger partial charge in [0.1, 0.15) is 0 Å². The molecular weight excluding hydrogens is 244 g/mol. The van der Waals surface area contributed by atoms with Crippen molar-refractivity contribution in [3.8, 4) is 0 Å². The first kappa shape index (κ1) is 13.7. The highest BCUT2D eigenvalue weighted by Gasteiger charge is 2.24. The van der Waals surface area contributed by atoms with E-state index in [0.29, 0.717) is 12.4 Å². The number of nitrogens with zero attached hydrogens (tertiary/aromatic N) is 3. The van der Waals surface area contributed by atoms with Gasteiger partial charge in [-0.2, -0.15) is 0 Å². The fourth-order valence-corrected chi connectivity index (χ4v) is 1.98. The SMILES string of the molecule is Cl.NC1CCCN(c2ncccc2[N+](=O)[O-])C1. The van der Waals surface area contributed by atoms with Crippen LogP contribution < -0.4 is 10.6 Å². The van der Waals surface area contributed by atoms with Gasteiger partial charge in [0.05, 0.1) is 4.92 Å². The van der Waals surface area contributed by atoms with Gasteiger partial charge in [-0.05, 0) is 18.9 Å². The van der Waals surface area contributed by atoms with Crippen molar-refractivity contribution in [3.63, 3.8) is 0 Å². The number of piperidine rings is 1. The lowest BCUT2D eigenvalue weighted by atomic mass is 10.1. The van der Waals surface area contributed by atoms with Crippen LogP contribution in [0.1, 0.15) is 12.8 Å². The third-order valence-electron chi connectivity index (χ3n) is 2.72. The second-order valence-electron chi connectivity index (χ2n) is 3.95. The minimum Gasteiger partial charge on any atom is -0.349 e. The van der Waals surface area contributed by atoms with Gasteiger partial charge < -0.3 is 10.6 Å². The molecule has 1 unspecified atom stereocenters. The predicted molar refractivity (Wildman–Crippen MR) is 67.6 cm³/mol. The predicted octanol–water partition coefficient (Wildman–Crippen LogP) is 1.34. The first-order valence-corrected chi connectivity index (χ1v) is 5.28. The van der Waals surface area contributed by atoms with E-state index in [1.54, 1.807) is 12.3 Å². The van der Waals surface area contributed by atoms with Gasteiger partial charge in [-0.25, -0.2) is 4.98 Å². The Morgan fingerprint density at radius 2 is 2.35 bits per heavy atom. The topological polar surface area (TPSA) is 85.3 Å². The standard InChI is InChI=1S/C10H14N4O2.ClH/c11-8-3-2-6-13(7-8)10-9(14(15)16)4-1-5-12-10;/h1,4-5,8H,2-3,6-7,11H2;1H. The highest BCUT2D eigenvalue weighted by Crippen LogP contribution is 2.26. The van der Waals surface area contributed by atoms with E-state index in [1.807, 2.05) is 4.90 Å². The number of hydrogen-bond acceptors (Lipinski definition) is 5. The van der Waals surface area contributed by atoms with Crippen LogP contribution in [0.15, 0.2) is 18.3 Å². The number of halogens is 1. The third kappa shape index (κ3) is 3.04. The van der Waals surface area contributed by atoms with Gasteiger partial charge in [-0.15, -0.1) is 12.4 Å². The smallest absolute Gasteiger partial charge is 0.311 e. The molecule has 0 aromatic carbocycles. The third-order valence-corrected chi connectivity index (χ3v) is 2.72. The summed E-state index contributed by atoms with van der Waals surface area (Å²) in [7, 11) is 0. The number of pyridine rings is 1. The Morgan fingerprint density at radius 1 is 1.59 bits per heavy atom. The van der Waals surface area contributed by atoms with Crippen LogP contribution in [0, 0.1) is 10.1 Å². The van der Waals surface area contributed by atoms with Crippen LogP contribution in [0.25, 0.3) is 0 Å². The lowest BCUT2D eigenvalue weighted by molar-refractivity contribution is -0.384. The van der Waals surface area contributed by atoms with Crippen LogP contribution in [-0.2, 0) is 0 Å². The summed E-state index contributed by atoms with van der Waals surface area (Å²) in [4.78, 5) is 16.4. The van der Waals surface area contributed by atoms with Crippen molar-refractivity contribution in [1.29, 1.82) is 0 Å². The molecule has 1 aromatic rings.